The van der Waals surface area contributed by atoms with E-state index in [-0.39, 0.29) is 5.82 Å². The molecule has 0 spiro atoms. The van der Waals surface area contributed by atoms with Gasteiger partial charge in [0.25, 0.3) is 0 Å². The number of benzene rings is 1. The van der Waals surface area contributed by atoms with Gasteiger partial charge in [-0.05, 0) is 30.5 Å². The Hall–Kier alpha value is -1.03. The minimum Gasteiger partial charge on any atom is -0.333 e. The molecule has 1 N–H and O–H groups in total. The van der Waals surface area contributed by atoms with Gasteiger partial charge in [-0.25, -0.2) is 4.39 Å². The lowest BCUT2D eigenvalue weighted by molar-refractivity contribution is 0.621. The van der Waals surface area contributed by atoms with Crippen molar-refractivity contribution in [1.82, 2.24) is 0 Å². The molecule has 1 unspecified atom stereocenters. The predicted octanol–water partition coefficient (Wildman–Crippen LogP) is 3.67. The van der Waals surface area contributed by atoms with E-state index in [1.807, 2.05) is 13.0 Å². The number of hydrogen-bond acceptors (Lipinski definition) is 3. The van der Waals surface area contributed by atoms with Gasteiger partial charge in [-0.1, -0.05) is 31.7 Å². The van der Waals surface area contributed by atoms with Crippen molar-refractivity contribution >= 4 is 22.6 Å². The fraction of sp³-hybridized carbons (Fsp3) is 0.462. The molecule has 2 rings (SSSR count). The first kappa shape index (κ1) is 12.4. The lowest BCUT2D eigenvalue weighted by atomic mass is 10.1. The second-order valence-electron chi connectivity index (χ2n) is 4.65. The summed E-state index contributed by atoms with van der Waals surface area (Å²) < 4.78 is 13.6. The second-order valence-corrected chi connectivity index (χ2v) is 5.88. The van der Waals surface area contributed by atoms with Crippen molar-refractivity contribution in [3.8, 4) is 0 Å². The third kappa shape index (κ3) is 3.00. The SMILES string of the molecule is Cc1ccc(NC2=NCC(C(C)C)S2)c(F)c1. The highest BCUT2D eigenvalue weighted by Gasteiger charge is 2.22. The summed E-state index contributed by atoms with van der Waals surface area (Å²) in [5.74, 6) is 0.368. The van der Waals surface area contributed by atoms with Crippen LogP contribution < -0.4 is 5.32 Å². The Kier molecular flexibility index (Phi) is 3.72. The maximum Gasteiger partial charge on any atom is 0.161 e. The molecule has 4 heteroatoms. The number of anilines is 1. The predicted molar refractivity (Wildman–Crippen MR) is 73.3 cm³/mol. The molecule has 1 atom stereocenters. The van der Waals surface area contributed by atoms with Crippen LogP contribution in [0.4, 0.5) is 10.1 Å². The number of amidine groups is 1. The average molecular weight is 252 g/mol. The number of nitrogens with one attached hydrogen (secondary N) is 1. The molecule has 0 radical (unpaired) electrons. The zero-order valence-electron chi connectivity index (χ0n) is 10.3. The smallest absolute Gasteiger partial charge is 0.161 e. The van der Waals surface area contributed by atoms with Crippen molar-refractivity contribution in [3.63, 3.8) is 0 Å². The highest BCUT2D eigenvalue weighted by Crippen LogP contribution is 2.28. The third-order valence-corrected chi connectivity index (χ3v) is 4.24. The normalized spacial score (nSPS) is 19.6. The molecule has 1 aliphatic rings. The van der Waals surface area contributed by atoms with Crippen LogP contribution in [-0.2, 0) is 0 Å². The number of hydrogen-bond donors (Lipinski definition) is 1. The Balaban J connectivity index is 2.03. The fourth-order valence-corrected chi connectivity index (χ4v) is 2.67. The molecule has 0 amide bonds. The van der Waals surface area contributed by atoms with Crippen molar-refractivity contribution < 1.29 is 4.39 Å². The van der Waals surface area contributed by atoms with Gasteiger partial charge in [0.15, 0.2) is 5.17 Å². The maximum atomic E-state index is 13.6. The van der Waals surface area contributed by atoms with E-state index in [4.69, 9.17) is 0 Å². The first-order valence-corrected chi connectivity index (χ1v) is 6.68. The minimum atomic E-state index is -0.221. The van der Waals surface area contributed by atoms with Crippen LogP contribution >= 0.6 is 11.8 Å². The van der Waals surface area contributed by atoms with Crippen LogP contribution in [-0.4, -0.2) is 17.0 Å². The monoisotopic (exact) mass is 252 g/mol. The van der Waals surface area contributed by atoms with Gasteiger partial charge in [-0.2, -0.15) is 0 Å². The molecule has 0 aromatic heterocycles. The van der Waals surface area contributed by atoms with E-state index < -0.39 is 0 Å². The molecule has 1 aliphatic heterocycles. The Morgan fingerprint density at radius 3 is 2.82 bits per heavy atom. The second kappa shape index (κ2) is 5.08. The molecule has 0 saturated carbocycles. The summed E-state index contributed by atoms with van der Waals surface area (Å²) in [6.45, 7) is 7.06. The van der Waals surface area contributed by atoms with Crippen molar-refractivity contribution in [2.75, 3.05) is 11.9 Å². The first-order valence-electron chi connectivity index (χ1n) is 5.80. The topological polar surface area (TPSA) is 24.4 Å². The van der Waals surface area contributed by atoms with Crippen molar-refractivity contribution in [1.29, 1.82) is 0 Å². The highest BCUT2D eigenvalue weighted by atomic mass is 32.2. The fourth-order valence-electron chi connectivity index (χ4n) is 1.64. The molecule has 0 fully saturated rings. The van der Waals surface area contributed by atoms with Crippen molar-refractivity contribution in [2.24, 2.45) is 10.9 Å². The number of thioether (sulfide) groups is 1. The third-order valence-electron chi connectivity index (χ3n) is 2.79. The molecule has 0 aliphatic carbocycles. The Labute approximate surface area is 106 Å². The van der Waals surface area contributed by atoms with Crippen LogP contribution in [0.1, 0.15) is 19.4 Å². The van der Waals surface area contributed by atoms with Crippen LogP contribution in [0.25, 0.3) is 0 Å². The summed E-state index contributed by atoms with van der Waals surface area (Å²) in [5.41, 5.74) is 1.43. The van der Waals surface area contributed by atoms with E-state index in [2.05, 4.69) is 24.2 Å². The van der Waals surface area contributed by atoms with E-state index in [9.17, 15) is 4.39 Å². The van der Waals surface area contributed by atoms with Gasteiger partial charge in [0.05, 0.1) is 12.2 Å². The standard InChI is InChI=1S/C13H17FN2S/c1-8(2)12-7-15-13(17-12)16-11-5-4-9(3)6-10(11)14/h4-6,8,12H,7H2,1-3H3,(H,15,16). The largest absolute Gasteiger partial charge is 0.333 e. The molecule has 17 heavy (non-hydrogen) atoms. The summed E-state index contributed by atoms with van der Waals surface area (Å²) in [7, 11) is 0. The van der Waals surface area contributed by atoms with E-state index >= 15 is 0 Å². The zero-order valence-corrected chi connectivity index (χ0v) is 11.1. The Morgan fingerprint density at radius 1 is 1.47 bits per heavy atom. The number of rotatable bonds is 2. The van der Waals surface area contributed by atoms with E-state index in [1.54, 1.807) is 17.8 Å². The van der Waals surface area contributed by atoms with Crippen LogP contribution in [0.15, 0.2) is 23.2 Å². The van der Waals surface area contributed by atoms with E-state index in [0.29, 0.717) is 16.9 Å². The van der Waals surface area contributed by atoms with Crippen LogP contribution in [0, 0.1) is 18.7 Å². The molecule has 2 nitrogen and oxygen atoms in total. The lowest BCUT2D eigenvalue weighted by Crippen LogP contribution is -2.13. The van der Waals surface area contributed by atoms with Gasteiger partial charge >= 0.3 is 0 Å². The summed E-state index contributed by atoms with van der Waals surface area (Å²) in [4.78, 5) is 4.40. The number of halogens is 1. The summed E-state index contributed by atoms with van der Waals surface area (Å²) >= 11 is 1.70. The number of nitrogens with zero attached hydrogens (tertiary/aromatic N) is 1. The van der Waals surface area contributed by atoms with Crippen LogP contribution in [0.5, 0.6) is 0 Å². The van der Waals surface area contributed by atoms with Gasteiger partial charge < -0.3 is 5.32 Å². The zero-order chi connectivity index (χ0) is 12.4. The van der Waals surface area contributed by atoms with Gasteiger partial charge in [-0.15, -0.1) is 0 Å². The molecule has 1 aromatic carbocycles. The van der Waals surface area contributed by atoms with Gasteiger partial charge in [0.2, 0.25) is 0 Å². The number of aryl methyl sites for hydroxylation is 1. The molecular formula is C13H17FN2S. The maximum absolute atomic E-state index is 13.6. The summed E-state index contributed by atoms with van der Waals surface area (Å²) in [6, 6.07) is 5.18. The van der Waals surface area contributed by atoms with Crippen molar-refractivity contribution in [2.45, 2.75) is 26.0 Å². The van der Waals surface area contributed by atoms with Crippen molar-refractivity contribution in [3.05, 3.63) is 29.6 Å². The molecular weight excluding hydrogens is 235 g/mol. The first-order chi connectivity index (χ1) is 8.06. The number of aliphatic imine (C=N–C) groups is 1. The molecule has 0 saturated heterocycles. The summed E-state index contributed by atoms with van der Waals surface area (Å²) in [6.07, 6.45) is 0. The van der Waals surface area contributed by atoms with Gasteiger partial charge in [0, 0.05) is 5.25 Å². The lowest BCUT2D eigenvalue weighted by Gasteiger charge is -2.12. The highest BCUT2D eigenvalue weighted by molar-refractivity contribution is 8.15. The summed E-state index contributed by atoms with van der Waals surface area (Å²) in [5, 5.41) is 4.39. The van der Waals surface area contributed by atoms with Gasteiger partial charge in [0.1, 0.15) is 5.82 Å². The molecule has 92 valence electrons. The van der Waals surface area contributed by atoms with Gasteiger partial charge in [-0.3, -0.25) is 4.99 Å². The Bertz CT molecular complexity index is 443. The average Bonchev–Trinajstić information content (AvgIpc) is 2.71. The molecule has 1 heterocycles. The van der Waals surface area contributed by atoms with E-state index in [1.165, 1.54) is 6.07 Å². The minimum absolute atomic E-state index is 0.221. The quantitative estimate of drug-likeness (QED) is 0.868. The van der Waals surface area contributed by atoms with Crippen LogP contribution in [0.3, 0.4) is 0 Å². The Morgan fingerprint density at radius 2 is 2.24 bits per heavy atom. The molecule has 0 bridgehead atoms. The van der Waals surface area contributed by atoms with E-state index in [0.717, 1.165) is 17.3 Å². The van der Waals surface area contributed by atoms with Crippen LogP contribution in [0.2, 0.25) is 0 Å². The molecule has 1 aromatic rings.